The summed E-state index contributed by atoms with van der Waals surface area (Å²) >= 11 is 6.19. The van der Waals surface area contributed by atoms with Crippen molar-refractivity contribution in [1.29, 1.82) is 0 Å². The molecule has 20 heavy (non-hydrogen) atoms. The minimum atomic E-state index is -3.50. The smallest absolute Gasteiger partial charge is 0.339 e. The first-order valence-electron chi connectivity index (χ1n) is 5.87. The zero-order valence-electron chi connectivity index (χ0n) is 11.1. The van der Waals surface area contributed by atoms with Crippen molar-refractivity contribution in [2.24, 2.45) is 0 Å². The molecule has 0 atom stereocenters. The molecule has 6 nitrogen and oxygen atoms in total. The summed E-state index contributed by atoms with van der Waals surface area (Å²) in [5.74, 6) is -0.629. The fourth-order valence-corrected chi connectivity index (χ4v) is 3.23. The molecule has 1 aliphatic rings. The van der Waals surface area contributed by atoms with Crippen LogP contribution in [-0.2, 0) is 19.4 Å². The number of sulfone groups is 1. The predicted octanol–water partition coefficient (Wildman–Crippen LogP) is 1.67. The molecule has 8 heteroatoms. The summed E-state index contributed by atoms with van der Waals surface area (Å²) in [6, 6.07) is 2.68. The van der Waals surface area contributed by atoms with Crippen molar-refractivity contribution in [2.75, 3.05) is 31.6 Å². The minimum Gasteiger partial charge on any atom is -0.465 e. The van der Waals surface area contributed by atoms with Crippen LogP contribution in [0.4, 0.5) is 5.69 Å². The largest absolute Gasteiger partial charge is 0.465 e. The van der Waals surface area contributed by atoms with Crippen LogP contribution in [0.2, 0.25) is 5.02 Å². The second-order valence-corrected chi connectivity index (χ2v) is 6.69. The van der Waals surface area contributed by atoms with Crippen LogP contribution in [-0.4, -0.2) is 40.9 Å². The third-order valence-corrected chi connectivity index (χ3v) is 4.40. The first-order chi connectivity index (χ1) is 9.36. The van der Waals surface area contributed by atoms with E-state index in [1.807, 2.05) is 0 Å². The van der Waals surface area contributed by atoms with Gasteiger partial charge in [-0.2, -0.15) is 0 Å². The van der Waals surface area contributed by atoms with E-state index in [0.29, 0.717) is 13.2 Å². The molecule has 0 amide bonds. The zero-order chi connectivity index (χ0) is 14.9. The maximum Gasteiger partial charge on any atom is 0.339 e. The Balaban J connectivity index is 2.66. The molecule has 0 saturated carbocycles. The highest BCUT2D eigenvalue weighted by Gasteiger charge is 2.28. The Kier molecular flexibility index (Phi) is 4.22. The average Bonchev–Trinajstić information content (AvgIpc) is 2.89. The van der Waals surface area contributed by atoms with E-state index in [4.69, 9.17) is 16.4 Å². The van der Waals surface area contributed by atoms with Crippen LogP contribution in [0.15, 0.2) is 17.0 Å². The Hall–Kier alpha value is -1.31. The fraction of sp³-hybridized carbons (Fsp3) is 0.417. The molecule has 1 saturated heterocycles. The third kappa shape index (κ3) is 2.74. The first kappa shape index (κ1) is 15.1. The molecule has 0 aromatic heterocycles. The number of halogens is 1. The van der Waals surface area contributed by atoms with Crippen LogP contribution in [0.5, 0.6) is 0 Å². The van der Waals surface area contributed by atoms with Gasteiger partial charge in [0.05, 0.1) is 29.2 Å². The Bertz CT molecular complexity index is 637. The number of hydrogen-bond acceptors (Lipinski definition) is 6. The molecule has 0 bridgehead atoms. The number of methoxy groups -OCH3 is 1. The van der Waals surface area contributed by atoms with Crippen LogP contribution in [0.25, 0.3) is 0 Å². The number of hydroxylamine groups is 1. The van der Waals surface area contributed by atoms with E-state index in [9.17, 15) is 13.2 Å². The van der Waals surface area contributed by atoms with Gasteiger partial charge in [0.1, 0.15) is 5.69 Å². The lowest BCUT2D eigenvalue weighted by Crippen LogP contribution is -2.21. The molecular weight excluding hydrogens is 306 g/mol. The molecule has 1 aliphatic heterocycles. The molecule has 1 aromatic rings. The van der Waals surface area contributed by atoms with Crippen molar-refractivity contribution in [2.45, 2.75) is 11.3 Å². The lowest BCUT2D eigenvalue weighted by Gasteiger charge is -2.21. The number of anilines is 1. The number of benzene rings is 1. The molecule has 0 aliphatic carbocycles. The first-order valence-corrected chi connectivity index (χ1v) is 8.14. The number of rotatable bonds is 3. The standard InChI is InChI=1S/C12H14ClNO5S/c1-18-12(15)8-4-5-9(20(2,16)17)11(10(8)13)14-6-3-7-19-14/h4-5H,3,6-7H2,1-2H3. The fourth-order valence-electron chi connectivity index (χ4n) is 1.97. The molecule has 0 unspecified atom stereocenters. The van der Waals surface area contributed by atoms with Crippen LogP contribution >= 0.6 is 11.6 Å². The van der Waals surface area contributed by atoms with E-state index >= 15 is 0 Å². The van der Waals surface area contributed by atoms with E-state index in [1.165, 1.54) is 24.3 Å². The summed E-state index contributed by atoms with van der Waals surface area (Å²) in [6.45, 7) is 0.981. The van der Waals surface area contributed by atoms with Crippen molar-refractivity contribution in [1.82, 2.24) is 0 Å². The van der Waals surface area contributed by atoms with Gasteiger partial charge in [0.15, 0.2) is 9.84 Å². The highest BCUT2D eigenvalue weighted by atomic mass is 35.5. The molecular formula is C12H14ClNO5S. The quantitative estimate of drug-likeness (QED) is 0.789. The van der Waals surface area contributed by atoms with Gasteiger partial charge in [-0.1, -0.05) is 11.6 Å². The maximum absolute atomic E-state index is 11.9. The number of carbonyl (C=O) groups is 1. The molecule has 1 fully saturated rings. The van der Waals surface area contributed by atoms with E-state index in [-0.39, 0.29) is 21.2 Å². The van der Waals surface area contributed by atoms with Gasteiger partial charge in [0, 0.05) is 12.8 Å². The van der Waals surface area contributed by atoms with Gasteiger partial charge in [0.2, 0.25) is 0 Å². The minimum absolute atomic E-state index is 0.0154. The van der Waals surface area contributed by atoms with Gasteiger partial charge in [-0.05, 0) is 18.6 Å². The van der Waals surface area contributed by atoms with Crippen molar-refractivity contribution in [3.05, 3.63) is 22.7 Å². The Labute approximate surface area is 122 Å². The SMILES string of the molecule is COC(=O)c1ccc(S(C)(=O)=O)c(N2CCCO2)c1Cl. The van der Waals surface area contributed by atoms with E-state index < -0.39 is 15.8 Å². The normalized spacial score (nSPS) is 15.4. The number of hydrogen-bond donors (Lipinski definition) is 0. The van der Waals surface area contributed by atoms with Crippen LogP contribution in [0, 0.1) is 0 Å². The number of esters is 1. The van der Waals surface area contributed by atoms with Gasteiger partial charge in [-0.25, -0.2) is 13.2 Å². The molecule has 110 valence electrons. The Morgan fingerprint density at radius 3 is 2.65 bits per heavy atom. The van der Waals surface area contributed by atoms with Crippen molar-refractivity contribution < 1.29 is 22.8 Å². The third-order valence-electron chi connectivity index (χ3n) is 2.89. The highest BCUT2D eigenvalue weighted by Crippen LogP contribution is 2.37. The number of nitrogens with zero attached hydrogens (tertiary/aromatic N) is 1. The monoisotopic (exact) mass is 319 g/mol. The summed E-state index contributed by atoms with van der Waals surface area (Å²) in [6.07, 6.45) is 1.83. The second kappa shape index (κ2) is 5.59. The van der Waals surface area contributed by atoms with Gasteiger partial charge < -0.3 is 4.74 Å². The van der Waals surface area contributed by atoms with E-state index in [0.717, 1.165) is 12.7 Å². The van der Waals surface area contributed by atoms with Crippen LogP contribution in [0.1, 0.15) is 16.8 Å². The van der Waals surface area contributed by atoms with E-state index in [1.54, 1.807) is 0 Å². The molecule has 2 rings (SSSR count). The van der Waals surface area contributed by atoms with Gasteiger partial charge in [-0.15, -0.1) is 0 Å². The van der Waals surface area contributed by atoms with Crippen molar-refractivity contribution >= 4 is 33.1 Å². The molecule has 1 aromatic carbocycles. The topological polar surface area (TPSA) is 72.9 Å². The second-order valence-electron chi connectivity index (χ2n) is 4.33. The lowest BCUT2D eigenvalue weighted by molar-refractivity contribution is 0.0600. The number of carbonyl (C=O) groups excluding carboxylic acids is 1. The van der Waals surface area contributed by atoms with E-state index in [2.05, 4.69) is 4.74 Å². The van der Waals surface area contributed by atoms with Crippen LogP contribution in [0.3, 0.4) is 0 Å². The maximum atomic E-state index is 11.9. The number of ether oxygens (including phenoxy) is 1. The summed E-state index contributed by atoms with van der Waals surface area (Å²) in [5.41, 5.74) is 0.293. The molecule has 0 spiro atoms. The zero-order valence-corrected chi connectivity index (χ0v) is 12.6. The summed E-state index contributed by atoms with van der Waals surface area (Å²) < 4.78 is 28.3. The van der Waals surface area contributed by atoms with Gasteiger partial charge >= 0.3 is 5.97 Å². The average molecular weight is 320 g/mol. The summed E-state index contributed by atoms with van der Waals surface area (Å²) in [7, 11) is -2.27. The highest BCUT2D eigenvalue weighted by molar-refractivity contribution is 7.90. The van der Waals surface area contributed by atoms with Gasteiger partial charge in [0.25, 0.3) is 0 Å². The Morgan fingerprint density at radius 2 is 2.15 bits per heavy atom. The molecule has 0 radical (unpaired) electrons. The summed E-state index contributed by atoms with van der Waals surface area (Å²) in [5, 5.41) is 1.42. The lowest BCUT2D eigenvalue weighted by atomic mass is 10.2. The molecule has 1 heterocycles. The van der Waals surface area contributed by atoms with Gasteiger partial charge in [-0.3, -0.25) is 9.90 Å². The summed E-state index contributed by atoms with van der Waals surface area (Å²) in [4.78, 5) is 17.0. The van der Waals surface area contributed by atoms with Crippen molar-refractivity contribution in [3.63, 3.8) is 0 Å². The Morgan fingerprint density at radius 1 is 1.45 bits per heavy atom. The predicted molar refractivity (Wildman–Crippen MR) is 73.8 cm³/mol. The van der Waals surface area contributed by atoms with Crippen LogP contribution < -0.4 is 5.06 Å². The molecule has 0 N–H and O–H groups in total. The van der Waals surface area contributed by atoms with Crippen molar-refractivity contribution in [3.8, 4) is 0 Å².